The summed E-state index contributed by atoms with van der Waals surface area (Å²) >= 11 is 0. The number of hydrogen-bond acceptors (Lipinski definition) is 4. The highest BCUT2D eigenvalue weighted by Gasteiger charge is 2.33. The van der Waals surface area contributed by atoms with E-state index in [9.17, 15) is 17.6 Å². The average molecular weight is 445 g/mol. The van der Waals surface area contributed by atoms with Gasteiger partial charge in [-0.15, -0.1) is 0 Å². The second-order valence-electron chi connectivity index (χ2n) is 8.82. The lowest BCUT2D eigenvalue weighted by Gasteiger charge is -2.30. The Kier molecular flexibility index (Phi) is 5.08. The SMILES string of the molecule is Cc1ccc(S(=O)(=O)n2c3c(c4ccc(F)cc42)CN(C(=O)OC(C)(C)C)CC3)cc1. The number of amides is 1. The minimum absolute atomic E-state index is 0.136. The summed E-state index contributed by atoms with van der Waals surface area (Å²) in [6.45, 7) is 7.77. The molecule has 1 aliphatic rings. The van der Waals surface area contributed by atoms with Crippen molar-refractivity contribution >= 4 is 27.0 Å². The van der Waals surface area contributed by atoms with Crippen LogP contribution in [0, 0.1) is 12.7 Å². The number of aromatic nitrogens is 1. The lowest BCUT2D eigenvalue weighted by molar-refractivity contribution is 0.0224. The fraction of sp³-hybridized carbons (Fsp3) is 0.348. The number of carbonyl (C=O) groups is 1. The van der Waals surface area contributed by atoms with Crippen LogP contribution in [0.2, 0.25) is 0 Å². The van der Waals surface area contributed by atoms with Crippen LogP contribution in [0.15, 0.2) is 47.4 Å². The predicted octanol–water partition coefficient (Wildman–Crippen LogP) is 4.62. The highest BCUT2D eigenvalue weighted by molar-refractivity contribution is 7.90. The number of fused-ring (bicyclic) bond motifs is 3. The summed E-state index contributed by atoms with van der Waals surface area (Å²) in [5.74, 6) is -0.522. The molecule has 4 rings (SSSR count). The molecule has 0 atom stereocenters. The van der Waals surface area contributed by atoms with Crippen molar-refractivity contribution in [3.63, 3.8) is 0 Å². The van der Waals surface area contributed by atoms with Crippen LogP contribution in [0.3, 0.4) is 0 Å². The summed E-state index contributed by atoms with van der Waals surface area (Å²) < 4.78 is 47.9. The Hall–Kier alpha value is -2.87. The standard InChI is InChI=1S/C23H25FN2O4S/c1-15-5-8-17(9-6-15)31(28,29)26-20-11-12-25(22(27)30-23(2,3)4)14-19(20)18-10-7-16(24)13-21(18)26/h5-10,13H,11-12,14H2,1-4H3. The fourth-order valence-electron chi connectivity index (χ4n) is 3.86. The fourth-order valence-corrected chi connectivity index (χ4v) is 5.46. The number of hydrogen-bond donors (Lipinski definition) is 0. The van der Waals surface area contributed by atoms with Crippen LogP contribution in [0.1, 0.15) is 37.6 Å². The average Bonchev–Trinajstić information content (AvgIpc) is 3.00. The molecule has 2 aromatic carbocycles. The summed E-state index contributed by atoms with van der Waals surface area (Å²) in [6, 6.07) is 10.7. The molecule has 2 heterocycles. The topological polar surface area (TPSA) is 68.6 Å². The molecule has 1 amide bonds. The number of aryl methyl sites for hydroxylation is 1. The molecule has 0 saturated carbocycles. The first kappa shape index (κ1) is 21.4. The van der Waals surface area contributed by atoms with Gasteiger partial charge < -0.3 is 9.64 Å². The van der Waals surface area contributed by atoms with Crippen molar-refractivity contribution in [2.45, 2.75) is 51.2 Å². The van der Waals surface area contributed by atoms with E-state index >= 15 is 0 Å². The molecule has 1 aliphatic heterocycles. The molecule has 0 N–H and O–H groups in total. The van der Waals surface area contributed by atoms with Crippen molar-refractivity contribution in [1.29, 1.82) is 0 Å². The largest absolute Gasteiger partial charge is 0.444 e. The maximum Gasteiger partial charge on any atom is 0.410 e. The molecular formula is C23H25FN2O4S. The van der Waals surface area contributed by atoms with Crippen LogP contribution in [-0.2, 0) is 27.7 Å². The second kappa shape index (κ2) is 7.37. The maximum absolute atomic E-state index is 14.1. The van der Waals surface area contributed by atoms with Gasteiger partial charge in [0.15, 0.2) is 0 Å². The molecule has 8 heteroatoms. The van der Waals surface area contributed by atoms with Crippen molar-refractivity contribution in [2.24, 2.45) is 0 Å². The number of nitrogens with zero attached hydrogens (tertiary/aromatic N) is 2. The zero-order valence-electron chi connectivity index (χ0n) is 18.0. The molecule has 0 spiro atoms. The third kappa shape index (κ3) is 3.92. The van der Waals surface area contributed by atoms with Gasteiger partial charge in [0, 0.05) is 29.6 Å². The van der Waals surface area contributed by atoms with E-state index in [1.807, 2.05) is 6.92 Å². The van der Waals surface area contributed by atoms with E-state index in [1.54, 1.807) is 56.0 Å². The van der Waals surface area contributed by atoms with E-state index < -0.39 is 27.5 Å². The highest BCUT2D eigenvalue weighted by atomic mass is 32.2. The monoisotopic (exact) mass is 444 g/mol. The first-order valence-electron chi connectivity index (χ1n) is 10.1. The lowest BCUT2D eigenvalue weighted by atomic mass is 10.0. The molecule has 1 aromatic heterocycles. The Labute approximate surface area is 181 Å². The Morgan fingerprint density at radius 3 is 2.42 bits per heavy atom. The normalized spacial score (nSPS) is 14.5. The summed E-state index contributed by atoms with van der Waals surface area (Å²) in [7, 11) is -3.95. The van der Waals surface area contributed by atoms with Crippen molar-refractivity contribution in [2.75, 3.05) is 6.54 Å². The predicted molar refractivity (Wildman–Crippen MR) is 116 cm³/mol. The molecule has 0 bridgehead atoms. The van der Waals surface area contributed by atoms with Crippen LogP contribution < -0.4 is 0 Å². The number of carbonyl (C=O) groups excluding carboxylic acids is 1. The van der Waals surface area contributed by atoms with Gasteiger partial charge in [-0.25, -0.2) is 21.6 Å². The molecule has 6 nitrogen and oxygen atoms in total. The Balaban J connectivity index is 1.85. The summed E-state index contributed by atoms with van der Waals surface area (Å²) in [4.78, 5) is 14.3. The van der Waals surface area contributed by atoms with Gasteiger partial charge in [0.05, 0.1) is 17.0 Å². The number of halogens is 1. The molecular weight excluding hydrogens is 419 g/mol. The molecule has 3 aromatic rings. The second-order valence-corrected chi connectivity index (χ2v) is 10.6. The third-order valence-corrected chi connectivity index (χ3v) is 7.04. The first-order chi connectivity index (χ1) is 14.5. The Bertz CT molecular complexity index is 1270. The van der Waals surface area contributed by atoms with Gasteiger partial charge in [-0.2, -0.15) is 0 Å². The van der Waals surface area contributed by atoms with E-state index in [0.717, 1.165) is 5.56 Å². The van der Waals surface area contributed by atoms with E-state index in [-0.39, 0.29) is 17.0 Å². The quantitative estimate of drug-likeness (QED) is 0.578. The first-order valence-corrected chi connectivity index (χ1v) is 11.5. The highest BCUT2D eigenvalue weighted by Crippen LogP contribution is 2.35. The summed E-state index contributed by atoms with van der Waals surface area (Å²) in [5, 5.41) is 0.611. The van der Waals surface area contributed by atoms with E-state index in [0.29, 0.717) is 29.6 Å². The molecule has 0 aliphatic carbocycles. The van der Waals surface area contributed by atoms with Gasteiger partial charge in [0.2, 0.25) is 0 Å². The van der Waals surface area contributed by atoms with Gasteiger partial charge in [-0.1, -0.05) is 17.7 Å². The van der Waals surface area contributed by atoms with E-state index in [4.69, 9.17) is 4.74 Å². The van der Waals surface area contributed by atoms with Crippen LogP contribution >= 0.6 is 0 Å². The molecule has 31 heavy (non-hydrogen) atoms. The smallest absolute Gasteiger partial charge is 0.410 e. The van der Waals surface area contributed by atoms with Crippen molar-refractivity contribution in [1.82, 2.24) is 8.87 Å². The number of ether oxygens (including phenoxy) is 1. The van der Waals surface area contributed by atoms with Gasteiger partial charge >= 0.3 is 6.09 Å². The molecule has 0 unspecified atom stereocenters. The van der Waals surface area contributed by atoms with Gasteiger partial charge in [-0.3, -0.25) is 0 Å². The minimum Gasteiger partial charge on any atom is -0.444 e. The zero-order chi connectivity index (χ0) is 22.6. The van der Waals surface area contributed by atoms with Gasteiger partial charge in [0.25, 0.3) is 10.0 Å². The lowest BCUT2D eigenvalue weighted by Crippen LogP contribution is -2.40. The van der Waals surface area contributed by atoms with Crippen molar-refractivity contribution < 1.29 is 22.3 Å². The summed E-state index contributed by atoms with van der Waals surface area (Å²) in [5.41, 5.74) is 1.85. The minimum atomic E-state index is -3.95. The molecule has 0 saturated heterocycles. The van der Waals surface area contributed by atoms with Gasteiger partial charge in [0.1, 0.15) is 11.4 Å². The van der Waals surface area contributed by atoms with Crippen LogP contribution in [0.5, 0.6) is 0 Å². The maximum atomic E-state index is 14.1. The number of benzene rings is 2. The van der Waals surface area contributed by atoms with Crippen molar-refractivity contribution in [3.05, 3.63) is 65.1 Å². The van der Waals surface area contributed by atoms with E-state index in [1.165, 1.54) is 16.1 Å². The zero-order valence-corrected chi connectivity index (χ0v) is 18.8. The van der Waals surface area contributed by atoms with Crippen LogP contribution in [0.25, 0.3) is 10.9 Å². The number of rotatable bonds is 2. The third-order valence-electron chi connectivity index (χ3n) is 5.28. The van der Waals surface area contributed by atoms with Crippen molar-refractivity contribution in [3.8, 4) is 0 Å². The van der Waals surface area contributed by atoms with Crippen LogP contribution in [-0.4, -0.2) is 35.5 Å². The van der Waals surface area contributed by atoms with Gasteiger partial charge in [-0.05, 0) is 58.0 Å². The van der Waals surface area contributed by atoms with E-state index in [2.05, 4.69) is 0 Å². The Morgan fingerprint density at radius 1 is 1.10 bits per heavy atom. The molecule has 0 radical (unpaired) electrons. The molecule has 0 fully saturated rings. The molecule has 164 valence electrons. The Morgan fingerprint density at radius 2 is 1.77 bits per heavy atom. The summed E-state index contributed by atoms with van der Waals surface area (Å²) in [6.07, 6.45) is -0.141. The van der Waals surface area contributed by atoms with Crippen LogP contribution in [0.4, 0.5) is 9.18 Å².